The van der Waals surface area contributed by atoms with Crippen LogP contribution in [0.2, 0.25) is 0 Å². The van der Waals surface area contributed by atoms with Crippen LogP contribution in [0, 0.1) is 5.41 Å². The first-order valence-corrected chi connectivity index (χ1v) is 18.5. The molecule has 0 aromatic heterocycles. The summed E-state index contributed by atoms with van der Waals surface area (Å²) in [6, 6.07) is 36.3. The third-order valence-corrected chi connectivity index (χ3v) is 8.50. The lowest BCUT2D eigenvalue weighted by atomic mass is 10.1. The van der Waals surface area contributed by atoms with Crippen molar-refractivity contribution in [1.82, 2.24) is 0 Å². The first-order chi connectivity index (χ1) is 27.4. The standard InChI is InChI=1S/C46H45NO9/c1-2-44(48)52-29-9-4-3-8-28-51-39-19-17-37(18-20-39)46(50)56-43-26-25-42(30-38(43)31-47)54-33-36-14-12-34(13-15-36)16-27-45(49)55-41-23-21-40(22-24-41)53-32-35-10-6-5-7-11-35/h2,5-7,10-15,17-26,30-31,47H,1,3-4,8-9,16,27-29,32-33H2. The van der Waals surface area contributed by atoms with E-state index in [0.29, 0.717) is 60.4 Å². The summed E-state index contributed by atoms with van der Waals surface area (Å²) < 4.78 is 33.6. The fraction of sp³-hybridized carbons (Fsp3) is 0.217. The Balaban J connectivity index is 0.994. The van der Waals surface area contributed by atoms with Gasteiger partial charge in [-0.15, -0.1) is 0 Å². The zero-order valence-electron chi connectivity index (χ0n) is 31.2. The lowest BCUT2D eigenvalue weighted by Crippen LogP contribution is -2.10. The maximum Gasteiger partial charge on any atom is 0.343 e. The fourth-order valence-corrected chi connectivity index (χ4v) is 5.39. The van der Waals surface area contributed by atoms with E-state index in [4.69, 9.17) is 33.8 Å². The molecule has 0 bridgehead atoms. The molecule has 0 heterocycles. The van der Waals surface area contributed by atoms with Crippen LogP contribution >= 0.6 is 0 Å². The number of rotatable bonds is 22. The summed E-state index contributed by atoms with van der Waals surface area (Å²) in [5, 5.41) is 7.86. The van der Waals surface area contributed by atoms with Gasteiger partial charge in [-0.1, -0.05) is 61.2 Å². The zero-order chi connectivity index (χ0) is 39.4. The van der Waals surface area contributed by atoms with Crippen LogP contribution in [-0.4, -0.2) is 37.3 Å². The number of carbonyl (C=O) groups is 3. The van der Waals surface area contributed by atoms with E-state index in [0.717, 1.165) is 54.7 Å². The van der Waals surface area contributed by atoms with Gasteiger partial charge in [-0.2, -0.15) is 0 Å². The van der Waals surface area contributed by atoms with E-state index in [-0.39, 0.29) is 24.7 Å². The molecule has 0 saturated carbocycles. The summed E-state index contributed by atoms with van der Waals surface area (Å²) >= 11 is 0. The molecule has 10 nitrogen and oxygen atoms in total. The van der Waals surface area contributed by atoms with Crippen molar-refractivity contribution in [1.29, 1.82) is 5.41 Å². The molecule has 0 aliphatic rings. The Kier molecular flexibility index (Phi) is 15.8. The van der Waals surface area contributed by atoms with Crippen molar-refractivity contribution >= 4 is 24.1 Å². The minimum absolute atomic E-state index is 0.229. The molecule has 0 amide bonds. The van der Waals surface area contributed by atoms with E-state index in [9.17, 15) is 14.4 Å². The van der Waals surface area contributed by atoms with Crippen molar-refractivity contribution in [2.45, 2.75) is 51.7 Å². The SMILES string of the molecule is C=CC(=O)OCCCCCCOc1ccc(C(=O)Oc2ccc(OCc3ccc(CCC(=O)Oc4ccc(OCc5ccccc5)cc4)cc3)cc2C=N)cc1. The Morgan fingerprint density at radius 1 is 0.589 bits per heavy atom. The summed E-state index contributed by atoms with van der Waals surface area (Å²) in [6.45, 7) is 5.02. The van der Waals surface area contributed by atoms with Crippen LogP contribution in [0.1, 0.15) is 64.7 Å². The molecular weight excluding hydrogens is 711 g/mol. The van der Waals surface area contributed by atoms with Gasteiger partial charge in [-0.05, 0) is 116 Å². The molecule has 1 N–H and O–H groups in total. The van der Waals surface area contributed by atoms with Crippen LogP contribution < -0.4 is 23.7 Å². The minimum Gasteiger partial charge on any atom is -0.494 e. The van der Waals surface area contributed by atoms with Crippen molar-refractivity contribution in [2.24, 2.45) is 0 Å². The first kappa shape index (κ1) is 40.5. The van der Waals surface area contributed by atoms with E-state index in [2.05, 4.69) is 6.58 Å². The second-order valence-corrected chi connectivity index (χ2v) is 12.7. The van der Waals surface area contributed by atoms with Crippen molar-refractivity contribution in [3.05, 3.63) is 162 Å². The molecule has 288 valence electrons. The third kappa shape index (κ3) is 13.6. The van der Waals surface area contributed by atoms with Crippen LogP contribution in [0.25, 0.3) is 0 Å². The second-order valence-electron chi connectivity index (χ2n) is 12.7. The quantitative estimate of drug-likeness (QED) is 0.0242. The van der Waals surface area contributed by atoms with E-state index in [1.807, 2.05) is 54.6 Å². The fourth-order valence-electron chi connectivity index (χ4n) is 5.39. The van der Waals surface area contributed by atoms with Crippen molar-refractivity contribution < 1.29 is 42.8 Å². The van der Waals surface area contributed by atoms with Gasteiger partial charge in [-0.25, -0.2) is 9.59 Å². The highest BCUT2D eigenvalue weighted by atomic mass is 16.5. The summed E-state index contributed by atoms with van der Waals surface area (Å²) in [5.74, 6) is 1.27. The van der Waals surface area contributed by atoms with E-state index < -0.39 is 11.9 Å². The summed E-state index contributed by atoms with van der Waals surface area (Å²) in [5.41, 5.74) is 3.73. The Labute approximate surface area is 327 Å². The number of unbranched alkanes of at least 4 members (excludes halogenated alkanes) is 3. The molecule has 0 fully saturated rings. The largest absolute Gasteiger partial charge is 0.494 e. The van der Waals surface area contributed by atoms with Gasteiger partial charge >= 0.3 is 17.9 Å². The maximum absolute atomic E-state index is 12.9. The van der Waals surface area contributed by atoms with Crippen LogP contribution in [0.5, 0.6) is 28.7 Å². The molecule has 0 aliphatic carbocycles. The zero-order valence-corrected chi connectivity index (χ0v) is 31.2. The van der Waals surface area contributed by atoms with E-state index in [1.165, 1.54) is 0 Å². The molecular formula is C46H45NO9. The normalized spacial score (nSPS) is 10.5. The van der Waals surface area contributed by atoms with Crippen molar-refractivity contribution in [3.63, 3.8) is 0 Å². The topological polar surface area (TPSA) is 130 Å². The van der Waals surface area contributed by atoms with Crippen LogP contribution in [0.4, 0.5) is 0 Å². The number of ether oxygens (including phenoxy) is 6. The Hall–Kier alpha value is -6.68. The van der Waals surface area contributed by atoms with Gasteiger partial charge in [-0.3, -0.25) is 4.79 Å². The number of aryl methyl sites for hydroxylation is 1. The number of nitrogens with one attached hydrogen (secondary N) is 1. The summed E-state index contributed by atoms with van der Waals surface area (Å²) in [4.78, 5) is 36.4. The first-order valence-electron chi connectivity index (χ1n) is 18.5. The number of carbonyl (C=O) groups excluding carboxylic acids is 3. The predicted molar refractivity (Wildman–Crippen MR) is 213 cm³/mol. The van der Waals surface area contributed by atoms with Crippen molar-refractivity contribution in [3.8, 4) is 28.7 Å². The van der Waals surface area contributed by atoms with Crippen LogP contribution in [0.15, 0.2) is 134 Å². The Morgan fingerprint density at radius 2 is 1.18 bits per heavy atom. The maximum atomic E-state index is 12.9. The Bertz CT molecular complexity index is 2030. The molecule has 0 aliphatic heterocycles. The molecule has 10 heteroatoms. The predicted octanol–water partition coefficient (Wildman–Crippen LogP) is 9.27. The number of hydrogen-bond donors (Lipinski definition) is 1. The van der Waals surface area contributed by atoms with Gasteiger partial charge in [0.2, 0.25) is 0 Å². The monoisotopic (exact) mass is 755 g/mol. The lowest BCUT2D eigenvalue weighted by Gasteiger charge is -2.12. The molecule has 0 atom stereocenters. The second kappa shape index (κ2) is 21.9. The molecule has 0 saturated heterocycles. The van der Waals surface area contributed by atoms with Gasteiger partial charge < -0.3 is 33.8 Å². The average molecular weight is 756 g/mol. The summed E-state index contributed by atoms with van der Waals surface area (Å²) in [6.07, 6.45) is 6.52. The molecule has 0 spiro atoms. The number of esters is 3. The molecule has 0 radical (unpaired) electrons. The van der Waals surface area contributed by atoms with E-state index >= 15 is 0 Å². The molecule has 56 heavy (non-hydrogen) atoms. The van der Waals surface area contributed by atoms with Gasteiger partial charge in [0.05, 0.1) is 18.8 Å². The van der Waals surface area contributed by atoms with Crippen molar-refractivity contribution in [2.75, 3.05) is 13.2 Å². The Morgan fingerprint density at radius 3 is 1.88 bits per heavy atom. The van der Waals surface area contributed by atoms with E-state index in [1.54, 1.807) is 66.7 Å². The molecule has 5 rings (SSSR count). The highest BCUT2D eigenvalue weighted by molar-refractivity contribution is 5.93. The van der Waals surface area contributed by atoms with Crippen LogP contribution in [-0.2, 0) is 34.0 Å². The smallest absolute Gasteiger partial charge is 0.343 e. The lowest BCUT2D eigenvalue weighted by molar-refractivity contribution is -0.138. The highest BCUT2D eigenvalue weighted by Crippen LogP contribution is 2.26. The van der Waals surface area contributed by atoms with Gasteiger partial charge in [0.25, 0.3) is 0 Å². The van der Waals surface area contributed by atoms with Crippen LogP contribution in [0.3, 0.4) is 0 Å². The number of benzene rings is 5. The molecule has 5 aromatic carbocycles. The minimum atomic E-state index is -0.558. The average Bonchev–Trinajstić information content (AvgIpc) is 3.24. The third-order valence-electron chi connectivity index (χ3n) is 8.50. The van der Waals surface area contributed by atoms with Gasteiger partial charge in [0.15, 0.2) is 0 Å². The molecule has 0 unspecified atom stereocenters. The van der Waals surface area contributed by atoms with Gasteiger partial charge in [0, 0.05) is 24.3 Å². The number of hydrogen-bond acceptors (Lipinski definition) is 10. The highest BCUT2D eigenvalue weighted by Gasteiger charge is 2.13. The van der Waals surface area contributed by atoms with Gasteiger partial charge in [0.1, 0.15) is 42.0 Å². The molecule has 5 aromatic rings. The summed E-state index contributed by atoms with van der Waals surface area (Å²) in [7, 11) is 0.